The molecule has 0 saturated heterocycles. The molecule has 0 fully saturated rings. The molecule has 0 radical (unpaired) electrons. The Bertz CT molecular complexity index is 4780. The average Bonchev–Trinajstić information content (AvgIpc) is 1.57. The molecule has 8 heteroatoms. The zero-order valence-corrected chi connectivity index (χ0v) is 53.2. The standard InChI is InChI=1S/C82H70N8/c1-79(2,3)58-30-36-72-66(44-58)67-45-59(80(4,5)6)31-37-73(67)89(72)70-34-28-55(42-64(70)53-20-16-18-50(40-53)48-83)77-86-76(52-26-24-51(25-27-52)63-23-15-14-19-57(63)49-84)87-78(88-77)56-29-35-71(65(43-56)54-21-17-22-62(41-54)85-13)90-74-38-32-60(81(7,8)9)46-68(74)69-47-61(82(10,11)12)33-39-75(69)90/h14-47H,1-12H3. The van der Waals surface area contributed by atoms with E-state index in [0.717, 1.165) is 83.5 Å². The molecule has 8 nitrogen and oxygen atoms in total. The molecule has 0 saturated carbocycles. The highest BCUT2D eigenvalue weighted by atomic mass is 15.0. The highest BCUT2D eigenvalue weighted by Gasteiger charge is 2.26. The molecule has 0 N–H and O–H groups in total. The fraction of sp³-hybridized carbons (Fsp3) is 0.195. The van der Waals surface area contributed by atoms with Gasteiger partial charge in [-0.3, -0.25) is 0 Å². The van der Waals surface area contributed by atoms with Gasteiger partial charge in [0.2, 0.25) is 0 Å². The summed E-state index contributed by atoms with van der Waals surface area (Å²) in [5.41, 5.74) is 20.2. The molecule has 0 aliphatic carbocycles. The summed E-state index contributed by atoms with van der Waals surface area (Å²) in [5.74, 6) is 1.38. The number of hydrogen-bond acceptors (Lipinski definition) is 5. The fourth-order valence-electron chi connectivity index (χ4n) is 12.5. The van der Waals surface area contributed by atoms with E-state index in [9.17, 15) is 10.5 Å². The Labute approximate surface area is 527 Å². The second kappa shape index (κ2) is 21.8. The normalized spacial score (nSPS) is 12.2. The highest BCUT2D eigenvalue weighted by molar-refractivity contribution is 6.12. The minimum absolute atomic E-state index is 0.0731. The van der Waals surface area contributed by atoms with E-state index in [1.807, 2.05) is 84.9 Å². The number of benzene rings is 10. The van der Waals surface area contributed by atoms with Crippen molar-refractivity contribution in [1.29, 1.82) is 10.5 Å². The van der Waals surface area contributed by atoms with Crippen LogP contribution in [0, 0.1) is 29.2 Å². The molecule has 13 aromatic rings. The van der Waals surface area contributed by atoms with Crippen LogP contribution in [0.15, 0.2) is 206 Å². The van der Waals surface area contributed by atoms with Crippen LogP contribution in [-0.4, -0.2) is 24.1 Å². The highest BCUT2D eigenvalue weighted by Crippen LogP contribution is 2.45. The van der Waals surface area contributed by atoms with Gasteiger partial charge in [0.25, 0.3) is 0 Å². The Kier molecular flexibility index (Phi) is 14.2. The van der Waals surface area contributed by atoms with E-state index in [1.165, 1.54) is 43.8 Å². The van der Waals surface area contributed by atoms with E-state index in [1.54, 1.807) is 0 Å². The van der Waals surface area contributed by atoms with E-state index in [-0.39, 0.29) is 21.7 Å². The number of nitrogens with zero attached hydrogens (tertiary/aromatic N) is 8. The minimum atomic E-state index is -0.0745. The minimum Gasteiger partial charge on any atom is -0.309 e. The quantitative estimate of drug-likeness (QED) is 0.141. The van der Waals surface area contributed by atoms with Gasteiger partial charge in [0.1, 0.15) is 0 Å². The SMILES string of the molecule is [C-]#[N+]c1cccc(-c2cc(-c3nc(-c4ccc(-c5ccccc5C#N)cc4)nc(-c4ccc(-n5c6ccc(C(C)(C)C)cc6c6cc(C(C)(C)C)ccc65)c(-c5cccc(C#N)c5)c4)n3)ccc2-n2c3ccc(C(C)(C)C)cc3c3cc(C(C)(C)C)ccc32)c1. The number of rotatable bonds is 8. The maximum Gasteiger partial charge on any atom is 0.187 e. The summed E-state index contributed by atoms with van der Waals surface area (Å²) in [6, 6.07) is 76.5. The first-order chi connectivity index (χ1) is 43.0. The third kappa shape index (κ3) is 10.6. The summed E-state index contributed by atoms with van der Waals surface area (Å²) in [4.78, 5) is 20.1. The molecule has 0 amide bonds. The van der Waals surface area contributed by atoms with Gasteiger partial charge in [-0.15, -0.1) is 0 Å². The molecule has 0 unspecified atom stereocenters. The first-order valence-electron chi connectivity index (χ1n) is 30.8. The van der Waals surface area contributed by atoms with Crippen molar-refractivity contribution >= 4 is 49.3 Å². The second-order valence-electron chi connectivity index (χ2n) is 28.0. The Morgan fingerprint density at radius 2 is 0.733 bits per heavy atom. The van der Waals surface area contributed by atoms with Gasteiger partial charge in [-0.05, 0) is 175 Å². The van der Waals surface area contributed by atoms with Crippen molar-refractivity contribution in [1.82, 2.24) is 24.1 Å². The summed E-state index contributed by atoms with van der Waals surface area (Å²) in [5, 5.41) is 25.2. The molecule has 0 atom stereocenters. The molecular weight excluding hydrogens is 1100 g/mol. The van der Waals surface area contributed by atoms with Gasteiger partial charge in [-0.2, -0.15) is 10.5 Å². The van der Waals surface area contributed by atoms with Crippen LogP contribution < -0.4 is 0 Å². The molecule has 13 rings (SSSR count). The second-order valence-corrected chi connectivity index (χ2v) is 28.0. The molecule has 0 spiro atoms. The summed E-state index contributed by atoms with van der Waals surface area (Å²) >= 11 is 0. The smallest absolute Gasteiger partial charge is 0.187 e. The van der Waals surface area contributed by atoms with Gasteiger partial charge in [0, 0.05) is 49.4 Å². The first-order valence-corrected chi connectivity index (χ1v) is 30.8. The van der Waals surface area contributed by atoms with Crippen molar-refractivity contribution in [3.63, 3.8) is 0 Å². The van der Waals surface area contributed by atoms with Gasteiger partial charge in [-0.1, -0.05) is 180 Å². The molecule has 90 heavy (non-hydrogen) atoms. The van der Waals surface area contributed by atoms with E-state index in [4.69, 9.17) is 21.5 Å². The maximum absolute atomic E-state index is 10.4. The Balaban J connectivity index is 1.06. The predicted molar refractivity (Wildman–Crippen MR) is 372 cm³/mol. The summed E-state index contributed by atoms with van der Waals surface area (Å²) in [7, 11) is 0. The molecule has 0 aliphatic heterocycles. The van der Waals surface area contributed by atoms with Crippen LogP contribution >= 0.6 is 0 Å². The van der Waals surface area contributed by atoms with Crippen molar-refractivity contribution in [2.45, 2.75) is 105 Å². The zero-order chi connectivity index (χ0) is 63.2. The zero-order valence-electron chi connectivity index (χ0n) is 53.2. The largest absolute Gasteiger partial charge is 0.309 e. The van der Waals surface area contributed by atoms with E-state index in [2.05, 4.69) is 231 Å². The van der Waals surface area contributed by atoms with E-state index >= 15 is 0 Å². The number of hydrogen-bond donors (Lipinski definition) is 0. The molecule has 0 aliphatic rings. The van der Waals surface area contributed by atoms with E-state index < -0.39 is 0 Å². The number of fused-ring (bicyclic) bond motifs is 6. The number of nitriles is 2. The van der Waals surface area contributed by atoms with Crippen LogP contribution in [-0.2, 0) is 21.7 Å². The van der Waals surface area contributed by atoms with Crippen molar-refractivity contribution in [3.05, 3.63) is 251 Å². The van der Waals surface area contributed by atoms with Gasteiger partial charge in [0.05, 0.1) is 63.3 Å². The van der Waals surface area contributed by atoms with Crippen LogP contribution in [0.1, 0.15) is 116 Å². The Morgan fingerprint density at radius 3 is 1.14 bits per heavy atom. The lowest BCUT2D eigenvalue weighted by molar-refractivity contribution is 0.590. The topological polar surface area (TPSA) is 100 Å². The Hall–Kier alpha value is -10.7. The molecule has 10 aromatic carbocycles. The lowest BCUT2D eigenvalue weighted by atomic mass is 9.85. The first kappa shape index (κ1) is 58.3. The molecule has 438 valence electrons. The molecule has 3 aromatic heterocycles. The third-order valence-electron chi connectivity index (χ3n) is 17.7. The van der Waals surface area contributed by atoms with Crippen molar-refractivity contribution < 1.29 is 0 Å². The van der Waals surface area contributed by atoms with Gasteiger partial charge < -0.3 is 9.13 Å². The van der Waals surface area contributed by atoms with Gasteiger partial charge in [-0.25, -0.2) is 19.8 Å². The number of aromatic nitrogens is 5. The lowest BCUT2D eigenvalue weighted by Crippen LogP contribution is -2.10. The molecule has 0 bridgehead atoms. The van der Waals surface area contributed by atoms with Crippen LogP contribution in [0.2, 0.25) is 0 Å². The lowest BCUT2D eigenvalue weighted by Gasteiger charge is -2.20. The van der Waals surface area contributed by atoms with Gasteiger partial charge >= 0.3 is 0 Å². The van der Waals surface area contributed by atoms with E-state index in [0.29, 0.717) is 34.3 Å². The van der Waals surface area contributed by atoms with Crippen molar-refractivity contribution in [2.75, 3.05) is 0 Å². The summed E-state index contributed by atoms with van der Waals surface area (Å²) in [6.45, 7) is 35.3. The maximum atomic E-state index is 10.4. The fourth-order valence-corrected chi connectivity index (χ4v) is 12.5. The van der Waals surface area contributed by atoms with Crippen molar-refractivity contribution in [2.24, 2.45) is 0 Å². The monoisotopic (exact) mass is 1170 g/mol. The van der Waals surface area contributed by atoms with Crippen LogP contribution in [0.25, 0.3) is 127 Å². The van der Waals surface area contributed by atoms with Crippen LogP contribution in [0.5, 0.6) is 0 Å². The van der Waals surface area contributed by atoms with Crippen molar-refractivity contribution in [3.8, 4) is 91.1 Å². The summed E-state index contributed by atoms with van der Waals surface area (Å²) in [6.07, 6.45) is 0. The molecule has 3 heterocycles. The predicted octanol–water partition coefficient (Wildman–Crippen LogP) is 21.6. The van der Waals surface area contributed by atoms with Crippen LogP contribution in [0.3, 0.4) is 0 Å². The molecular formula is C82H70N8. The average molecular weight is 1170 g/mol. The van der Waals surface area contributed by atoms with Gasteiger partial charge in [0.15, 0.2) is 23.2 Å². The van der Waals surface area contributed by atoms with Crippen LogP contribution in [0.4, 0.5) is 5.69 Å². The Morgan fingerprint density at radius 1 is 0.344 bits per heavy atom. The summed E-state index contributed by atoms with van der Waals surface area (Å²) < 4.78 is 4.74. The third-order valence-corrected chi connectivity index (χ3v) is 17.7.